The van der Waals surface area contributed by atoms with Gasteiger partial charge >= 0.3 is 5.97 Å². The monoisotopic (exact) mass is 332 g/mol. The van der Waals surface area contributed by atoms with E-state index < -0.39 is 16.0 Å². The fraction of sp³-hybridized carbons (Fsp3) is 0.0909. The highest BCUT2D eigenvalue weighted by atomic mass is 35.5. The van der Waals surface area contributed by atoms with Gasteiger partial charge in [-0.3, -0.25) is 4.72 Å². The normalized spacial score (nSPS) is 11.1. The molecule has 0 spiro atoms. The van der Waals surface area contributed by atoms with Crippen LogP contribution in [0.25, 0.3) is 0 Å². The Hall–Kier alpha value is -1.64. The number of hydrogen-bond acceptors (Lipinski definition) is 6. The average molecular weight is 333 g/mol. The van der Waals surface area contributed by atoms with Crippen LogP contribution in [0.15, 0.2) is 34.5 Å². The number of methoxy groups -OCH3 is 1. The summed E-state index contributed by atoms with van der Waals surface area (Å²) >= 11 is 6.67. The number of sulfonamides is 1. The van der Waals surface area contributed by atoms with Gasteiger partial charge in [-0.1, -0.05) is 17.7 Å². The SMILES string of the molecule is COC(=O)c1sccc1S(=O)(=O)Nc1cccc(Cl)n1. The molecular formula is C11H9ClN2O4S2. The maximum Gasteiger partial charge on any atom is 0.349 e. The van der Waals surface area contributed by atoms with Gasteiger partial charge in [0.05, 0.1) is 7.11 Å². The van der Waals surface area contributed by atoms with E-state index in [-0.39, 0.29) is 20.7 Å². The standard InChI is InChI=1S/C11H9ClN2O4S2/c1-18-11(15)10-7(5-6-19-10)20(16,17)14-9-4-2-3-8(12)13-9/h2-6H,1H3,(H,13,14). The third kappa shape index (κ3) is 3.09. The first-order valence-electron chi connectivity index (χ1n) is 5.25. The highest BCUT2D eigenvalue weighted by Crippen LogP contribution is 2.24. The van der Waals surface area contributed by atoms with Crippen LogP contribution in [0.4, 0.5) is 5.82 Å². The number of carbonyl (C=O) groups excluding carboxylic acids is 1. The van der Waals surface area contributed by atoms with Crippen molar-refractivity contribution < 1.29 is 17.9 Å². The highest BCUT2D eigenvalue weighted by molar-refractivity contribution is 7.93. The van der Waals surface area contributed by atoms with Crippen molar-refractivity contribution in [2.24, 2.45) is 0 Å². The summed E-state index contributed by atoms with van der Waals surface area (Å²) in [6.45, 7) is 0. The van der Waals surface area contributed by atoms with Crippen molar-refractivity contribution in [2.75, 3.05) is 11.8 Å². The number of halogens is 1. The zero-order valence-electron chi connectivity index (χ0n) is 10.2. The molecule has 1 N–H and O–H groups in total. The van der Waals surface area contributed by atoms with E-state index in [1.807, 2.05) is 0 Å². The quantitative estimate of drug-likeness (QED) is 0.686. The number of anilines is 1. The van der Waals surface area contributed by atoms with Gasteiger partial charge in [0.15, 0.2) is 0 Å². The Balaban J connectivity index is 2.36. The van der Waals surface area contributed by atoms with E-state index in [9.17, 15) is 13.2 Å². The lowest BCUT2D eigenvalue weighted by Crippen LogP contribution is -2.16. The lowest BCUT2D eigenvalue weighted by atomic mass is 10.5. The Bertz CT molecular complexity index is 742. The van der Waals surface area contributed by atoms with Gasteiger partial charge in [0.1, 0.15) is 20.7 Å². The predicted molar refractivity (Wildman–Crippen MR) is 75.7 cm³/mol. The zero-order valence-corrected chi connectivity index (χ0v) is 12.6. The second-order valence-corrected chi connectivity index (χ2v) is 6.51. The number of nitrogens with one attached hydrogen (secondary N) is 1. The Morgan fingerprint density at radius 1 is 1.40 bits per heavy atom. The fourth-order valence-electron chi connectivity index (χ4n) is 1.41. The van der Waals surface area contributed by atoms with E-state index in [2.05, 4.69) is 14.4 Å². The molecule has 2 heterocycles. The van der Waals surface area contributed by atoms with Gasteiger partial charge in [-0.25, -0.2) is 18.2 Å². The molecule has 0 atom stereocenters. The first-order valence-corrected chi connectivity index (χ1v) is 7.99. The predicted octanol–water partition coefficient (Wildman–Crippen LogP) is 2.38. The molecule has 0 fully saturated rings. The second-order valence-electron chi connectivity index (χ2n) is 3.56. The minimum Gasteiger partial charge on any atom is -0.465 e. The van der Waals surface area contributed by atoms with Crippen LogP contribution in [-0.4, -0.2) is 26.5 Å². The first kappa shape index (κ1) is 14.8. The molecular weight excluding hydrogens is 324 g/mol. The number of rotatable bonds is 4. The Kier molecular flexibility index (Phi) is 4.26. The molecule has 9 heteroatoms. The van der Waals surface area contributed by atoms with Gasteiger partial charge in [-0.15, -0.1) is 11.3 Å². The molecule has 2 rings (SSSR count). The van der Waals surface area contributed by atoms with E-state index in [0.717, 1.165) is 11.3 Å². The van der Waals surface area contributed by atoms with Crippen LogP contribution in [0.1, 0.15) is 9.67 Å². The van der Waals surface area contributed by atoms with Crippen molar-refractivity contribution in [3.05, 3.63) is 39.7 Å². The number of thiophene rings is 1. The number of carbonyl (C=O) groups is 1. The van der Waals surface area contributed by atoms with E-state index in [1.54, 1.807) is 6.07 Å². The van der Waals surface area contributed by atoms with Gasteiger partial charge in [-0.05, 0) is 23.6 Å². The molecule has 20 heavy (non-hydrogen) atoms. The maximum atomic E-state index is 12.2. The summed E-state index contributed by atoms with van der Waals surface area (Å²) in [5, 5.41) is 1.65. The van der Waals surface area contributed by atoms with Gasteiger partial charge in [0, 0.05) is 0 Å². The number of aromatic nitrogens is 1. The Morgan fingerprint density at radius 2 is 2.15 bits per heavy atom. The first-order chi connectivity index (χ1) is 9.44. The Morgan fingerprint density at radius 3 is 2.80 bits per heavy atom. The topological polar surface area (TPSA) is 85.4 Å². The molecule has 0 aliphatic rings. The summed E-state index contributed by atoms with van der Waals surface area (Å²) < 4.78 is 31.2. The highest BCUT2D eigenvalue weighted by Gasteiger charge is 2.25. The molecule has 0 aromatic carbocycles. The lowest BCUT2D eigenvalue weighted by molar-refractivity contribution is 0.0602. The summed E-state index contributed by atoms with van der Waals surface area (Å²) in [4.78, 5) is 15.2. The van der Waals surface area contributed by atoms with Crippen molar-refractivity contribution in [1.82, 2.24) is 4.98 Å². The minimum absolute atomic E-state index is 0.00188. The number of esters is 1. The van der Waals surface area contributed by atoms with Crippen LogP contribution in [0.3, 0.4) is 0 Å². The maximum absolute atomic E-state index is 12.2. The smallest absolute Gasteiger partial charge is 0.349 e. The van der Waals surface area contributed by atoms with Gasteiger partial charge in [-0.2, -0.15) is 0 Å². The van der Waals surface area contributed by atoms with Crippen molar-refractivity contribution >= 4 is 44.7 Å². The van der Waals surface area contributed by atoms with E-state index >= 15 is 0 Å². The van der Waals surface area contributed by atoms with Crippen LogP contribution in [0.5, 0.6) is 0 Å². The third-order valence-electron chi connectivity index (χ3n) is 2.24. The molecule has 0 bridgehead atoms. The van der Waals surface area contributed by atoms with Crippen molar-refractivity contribution in [1.29, 1.82) is 0 Å². The van der Waals surface area contributed by atoms with E-state index in [0.29, 0.717) is 0 Å². The zero-order chi connectivity index (χ0) is 14.8. The number of pyridine rings is 1. The second kappa shape index (κ2) is 5.78. The molecule has 2 aromatic heterocycles. The van der Waals surface area contributed by atoms with Crippen molar-refractivity contribution in [3.8, 4) is 0 Å². The number of ether oxygens (including phenoxy) is 1. The third-order valence-corrected chi connectivity index (χ3v) is 4.87. The molecule has 6 nitrogen and oxygen atoms in total. The van der Waals surface area contributed by atoms with Crippen LogP contribution in [0.2, 0.25) is 5.15 Å². The fourth-order valence-corrected chi connectivity index (χ4v) is 3.91. The average Bonchev–Trinajstić information content (AvgIpc) is 2.87. The number of hydrogen-bond donors (Lipinski definition) is 1. The van der Waals surface area contributed by atoms with Crippen molar-refractivity contribution in [2.45, 2.75) is 4.90 Å². The molecule has 0 amide bonds. The molecule has 0 saturated heterocycles. The Labute approximate surface area is 124 Å². The van der Waals surface area contributed by atoms with Gasteiger partial charge < -0.3 is 4.74 Å². The minimum atomic E-state index is -3.93. The summed E-state index contributed by atoms with van der Waals surface area (Å²) in [6.07, 6.45) is 0. The van der Waals surface area contributed by atoms with Crippen LogP contribution in [-0.2, 0) is 14.8 Å². The lowest BCUT2D eigenvalue weighted by Gasteiger charge is -2.07. The molecule has 2 aromatic rings. The van der Waals surface area contributed by atoms with E-state index in [4.69, 9.17) is 11.6 Å². The molecule has 0 radical (unpaired) electrons. The summed E-state index contributed by atoms with van der Waals surface area (Å²) in [6, 6.07) is 5.85. The molecule has 0 saturated carbocycles. The van der Waals surface area contributed by atoms with Gasteiger partial charge in [0.2, 0.25) is 0 Å². The van der Waals surface area contributed by atoms with Gasteiger partial charge in [0.25, 0.3) is 10.0 Å². The molecule has 0 aliphatic carbocycles. The van der Waals surface area contributed by atoms with Crippen molar-refractivity contribution in [3.63, 3.8) is 0 Å². The van der Waals surface area contributed by atoms with Crippen LogP contribution in [0, 0.1) is 0 Å². The number of nitrogens with zero attached hydrogens (tertiary/aromatic N) is 1. The summed E-state index contributed by atoms with van der Waals surface area (Å²) in [5.41, 5.74) is 0. The summed E-state index contributed by atoms with van der Waals surface area (Å²) in [7, 11) is -2.75. The molecule has 106 valence electrons. The molecule has 0 aliphatic heterocycles. The largest absolute Gasteiger partial charge is 0.465 e. The van der Waals surface area contributed by atoms with E-state index in [1.165, 1.54) is 30.7 Å². The molecule has 0 unspecified atom stereocenters. The van der Waals surface area contributed by atoms with Crippen LogP contribution >= 0.6 is 22.9 Å². The summed E-state index contributed by atoms with van der Waals surface area (Å²) in [5.74, 6) is -0.640. The van der Waals surface area contributed by atoms with Crippen LogP contribution < -0.4 is 4.72 Å².